The zero-order valence-electron chi connectivity index (χ0n) is 13.5. The van der Waals surface area contributed by atoms with Gasteiger partial charge in [0.25, 0.3) is 17.7 Å². The van der Waals surface area contributed by atoms with Crippen LogP contribution in [0.1, 0.15) is 42.2 Å². The maximum atomic E-state index is 12.7. The zero-order valence-corrected chi connectivity index (χ0v) is 13.5. The smallest absolute Gasteiger partial charge is 0.274 e. The number of imide groups is 1. The highest BCUT2D eigenvalue weighted by Gasteiger charge is 2.37. The molecular weight excluding hydrogens is 308 g/mol. The third-order valence-electron chi connectivity index (χ3n) is 3.95. The summed E-state index contributed by atoms with van der Waals surface area (Å²) >= 11 is 0. The lowest BCUT2D eigenvalue weighted by Crippen LogP contribution is -2.30. The van der Waals surface area contributed by atoms with E-state index in [-0.39, 0.29) is 22.6 Å². The summed E-state index contributed by atoms with van der Waals surface area (Å²) in [6.45, 7) is 3.74. The van der Waals surface area contributed by atoms with Gasteiger partial charge >= 0.3 is 0 Å². The third-order valence-corrected chi connectivity index (χ3v) is 3.95. The Morgan fingerprint density at radius 2 is 1.71 bits per heavy atom. The lowest BCUT2D eigenvalue weighted by molar-refractivity contribution is 0.0537. The van der Waals surface area contributed by atoms with Gasteiger partial charge in [-0.1, -0.05) is 12.1 Å². The van der Waals surface area contributed by atoms with E-state index in [0.717, 1.165) is 16.0 Å². The van der Waals surface area contributed by atoms with Crippen molar-refractivity contribution in [1.29, 1.82) is 0 Å². The molecule has 2 aromatic rings. The van der Waals surface area contributed by atoms with Gasteiger partial charge in [0.15, 0.2) is 0 Å². The molecule has 0 aromatic heterocycles. The Balaban J connectivity index is 2.05. The van der Waals surface area contributed by atoms with E-state index in [1.807, 2.05) is 26.0 Å². The van der Waals surface area contributed by atoms with E-state index < -0.39 is 11.8 Å². The van der Waals surface area contributed by atoms with Crippen LogP contribution in [0.2, 0.25) is 0 Å². The molecule has 1 N–H and O–H groups in total. The SMILES string of the molecule is CONC(=O)c1ccc2c(c1)C(=O)N(c1cc(C)ccc1C)C2=O. The highest BCUT2D eigenvalue weighted by molar-refractivity contribution is 6.35. The first kappa shape index (κ1) is 15.9. The number of anilines is 1. The minimum absolute atomic E-state index is 0.213. The Morgan fingerprint density at radius 1 is 1.00 bits per heavy atom. The number of rotatable bonds is 3. The van der Waals surface area contributed by atoms with E-state index in [9.17, 15) is 14.4 Å². The van der Waals surface area contributed by atoms with Gasteiger partial charge in [-0.25, -0.2) is 10.4 Å². The molecule has 0 fully saturated rings. The van der Waals surface area contributed by atoms with Crippen molar-refractivity contribution in [1.82, 2.24) is 5.48 Å². The Hall–Kier alpha value is -2.99. The zero-order chi connectivity index (χ0) is 17.4. The van der Waals surface area contributed by atoms with E-state index in [4.69, 9.17) is 0 Å². The van der Waals surface area contributed by atoms with Crippen molar-refractivity contribution >= 4 is 23.4 Å². The van der Waals surface area contributed by atoms with Gasteiger partial charge in [0, 0.05) is 5.56 Å². The summed E-state index contributed by atoms with van der Waals surface area (Å²) in [4.78, 5) is 43.0. The number of nitrogens with one attached hydrogen (secondary N) is 1. The maximum absolute atomic E-state index is 12.7. The normalized spacial score (nSPS) is 13.2. The van der Waals surface area contributed by atoms with Gasteiger partial charge in [0.05, 0.1) is 23.9 Å². The van der Waals surface area contributed by atoms with Crippen LogP contribution < -0.4 is 10.4 Å². The van der Waals surface area contributed by atoms with E-state index in [1.54, 1.807) is 6.07 Å². The lowest BCUT2D eigenvalue weighted by atomic mass is 10.1. The molecule has 3 rings (SSSR count). The summed E-state index contributed by atoms with van der Waals surface area (Å²) in [5, 5.41) is 0. The summed E-state index contributed by atoms with van der Waals surface area (Å²) in [5.41, 5.74) is 5.28. The summed E-state index contributed by atoms with van der Waals surface area (Å²) < 4.78 is 0. The van der Waals surface area contributed by atoms with Crippen LogP contribution in [-0.4, -0.2) is 24.8 Å². The average molecular weight is 324 g/mol. The highest BCUT2D eigenvalue weighted by Crippen LogP contribution is 2.31. The first-order valence-corrected chi connectivity index (χ1v) is 7.37. The van der Waals surface area contributed by atoms with Crippen molar-refractivity contribution < 1.29 is 19.2 Å². The van der Waals surface area contributed by atoms with Crippen molar-refractivity contribution in [2.45, 2.75) is 13.8 Å². The van der Waals surface area contributed by atoms with Crippen molar-refractivity contribution in [3.63, 3.8) is 0 Å². The Kier molecular flexibility index (Phi) is 3.91. The largest absolute Gasteiger partial charge is 0.277 e. The number of benzene rings is 2. The molecule has 3 amide bonds. The summed E-state index contributed by atoms with van der Waals surface area (Å²) in [5.74, 6) is -1.30. The van der Waals surface area contributed by atoms with Crippen LogP contribution in [0.25, 0.3) is 0 Å². The van der Waals surface area contributed by atoms with Gasteiger partial charge in [-0.05, 0) is 49.2 Å². The molecule has 0 radical (unpaired) electrons. The molecule has 0 spiro atoms. The Morgan fingerprint density at radius 3 is 2.42 bits per heavy atom. The van der Waals surface area contributed by atoms with Crippen LogP contribution in [0.15, 0.2) is 36.4 Å². The molecule has 122 valence electrons. The van der Waals surface area contributed by atoms with Crippen molar-refractivity contribution in [2.75, 3.05) is 12.0 Å². The first-order chi connectivity index (χ1) is 11.4. The predicted molar refractivity (Wildman–Crippen MR) is 88.0 cm³/mol. The number of carbonyl (C=O) groups excluding carboxylic acids is 3. The van der Waals surface area contributed by atoms with Crippen LogP contribution in [0, 0.1) is 13.8 Å². The summed E-state index contributed by atoms with van der Waals surface area (Å²) in [6, 6.07) is 9.98. The summed E-state index contributed by atoms with van der Waals surface area (Å²) in [7, 11) is 1.32. The van der Waals surface area contributed by atoms with Gasteiger partial charge in [0.1, 0.15) is 0 Å². The number of amides is 3. The number of carbonyl (C=O) groups is 3. The second-order valence-corrected chi connectivity index (χ2v) is 5.63. The van der Waals surface area contributed by atoms with Gasteiger partial charge in [-0.2, -0.15) is 0 Å². The van der Waals surface area contributed by atoms with Crippen LogP contribution in [-0.2, 0) is 4.84 Å². The van der Waals surface area contributed by atoms with E-state index in [0.29, 0.717) is 5.69 Å². The highest BCUT2D eigenvalue weighted by atomic mass is 16.6. The third kappa shape index (κ3) is 2.47. The number of hydroxylamine groups is 1. The molecule has 1 heterocycles. The molecule has 0 saturated carbocycles. The first-order valence-electron chi connectivity index (χ1n) is 7.37. The molecule has 24 heavy (non-hydrogen) atoms. The minimum atomic E-state index is -0.481. The monoisotopic (exact) mass is 324 g/mol. The Labute approximate surface area is 139 Å². The average Bonchev–Trinajstić information content (AvgIpc) is 2.81. The maximum Gasteiger partial charge on any atom is 0.274 e. The fourth-order valence-corrected chi connectivity index (χ4v) is 2.71. The molecule has 0 saturated heterocycles. The van der Waals surface area contributed by atoms with Crippen LogP contribution in [0.5, 0.6) is 0 Å². The molecular formula is C18H16N2O4. The number of nitrogens with zero attached hydrogens (tertiary/aromatic N) is 1. The molecule has 6 nitrogen and oxygen atoms in total. The minimum Gasteiger partial charge on any atom is -0.277 e. The van der Waals surface area contributed by atoms with E-state index in [2.05, 4.69) is 10.3 Å². The van der Waals surface area contributed by atoms with Gasteiger partial charge in [0.2, 0.25) is 0 Å². The van der Waals surface area contributed by atoms with Crippen molar-refractivity contribution in [3.8, 4) is 0 Å². The molecule has 1 aliphatic rings. The van der Waals surface area contributed by atoms with Crippen LogP contribution >= 0.6 is 0 Å². The topological polar surface area (TPSA) is 75.7 Å². The molecule has 0 atom stereocenters. The van der Waals surface area contributed by atoms with Crippen LogP contribution in [0.3, 0.4) is 0 Å². The second kappa shape index (κ2) is 5.90. The number of fused-ring (bicyclic) bond motifs is 1. The summed E-state index contributed by atoms with van der Waals surface area (Å²) in [6.07, 6.45) is 0. The molecule has 0 unspecified atom stereocenters. The standard InChI is InChI=1S/C18H16N2O4/c1-10-4-5-11(2)15(8-10)20-17(22)13-7-6-12(16(21)19-24-3)9-14(13)18(20)23/h4-9H,1-3H3,(H,19,21). The van der Waals surface area contributed by atoms with Crippen molar-refractivity contribution in [3.05, 3.63) is 64.2 Å². The molecule has 1 aliphatic heterocycles. The molecule has 0 aliphatic carbocycles. The molecule has 0 bridgehead atoms. The number of hydrogen-bond donors (Lipinski definition) is 1. The predicted octanol–water partition coefficient (Wildman–Crippen LogP) is 2.40. The van der Waals surface area contributed by atoms with E-state index >= 15 is 0 Å². The fourth-order valence-electron chi connectivity index (χ4n) is 2.71. The lowest BCUT2D eigenvalue weighted by Gasteiger charge is -2.17. The fraction of sp³-hybridized carbons (Fsp3) is 0.167. The molecule has 2 aromatic carbocycles. The number of hydrogen-bond acceptors (Lipinski definition) is 4. The quantitative estimate of drug-likeness (QED) is 0.695. The van der Waals surface area contributed by atoms with Gasteiger partial charge < -0.3 is 0 Å². The van der Waals surface area contributed by atoms with Crippen LogP contribution in [0.4, 0.5) is 5.69 Å². The Bertz CT molecular complexity index is 873. The van der Waals surface area contributed by atoms with E-state index in [1.165, 1.54) is 25.3 Å². The number of aryl methyl sites for hydroxylation is 2. The van der Waals surface area contributed by atoms with Crippen molar-refractivity contribution in [2.24, 2.45) is 0 Å². The van der Waals surface area contributed by atoms with Gasteiger partial charge in [-0.15, -0.1) is 0 Å². The van der Waals surface area contributed by atoms with Gasteiger partial charge in [-0.3, -0.25) is 19.2 Å². The molecule has 6 heteroatoms. The second-order valence-electron chi connectivity index (χ2n) is 5.63.